The molecule has 0 rings (SSSR count). The van der Waals surface area contributed by atoms with E-state index in [-0.39, 0.29) is 0 Å². The molecule has 0 bridgehead atoms. The van der Waals surface area contributed by atoms with Crippen LogP contribution in [0.15, 0.2) is 0 Å². The Morgan fingerprint density at radius 3 is 2.14 bits per heavy atom. The van der Waals surface area contributed by atoms with E-state index in [0.717, 1.165) is 12.8 Å². The number of hydrogen-bond donors (Lipinski definition) is 2. The maximum atomic E-state index is 10.2. The summed E-state index contributed by atoms with van der Waals surface area (Å²) in [7, 11) is 0. The summed E-state index contributed by atoms with van der Waals surface area (Å²) in [6.07, 6.45) is 8.34. The van der Waals surface area contributed by atoms with Gasteiger partial charge < -0.3 is 5.11 Å². The third-order valence-electron chi connectivity index (χ3n) is 2.26. The Hall–Kier alpha value is -0.180. The smallest absolute Gasteiger partial charge is 0.303 e. The Kier molecular flexibility index (Phi) is 9.26. The zero-order chi connectivity index (χ0) is 10.8. The van der Waals surface area contributed by atoms with Gasteiger partial charge in [-0.3, -0.25) is 4.79 Å². The molecule has 0 aromatic heterocycles. The average molecular weight is 218 g/mol. The van der Waals surface area contributed by atoms with Crippen molar-refractivity contribution < 1.29 is 9.90 Å². The lowest BCUT2D eigenvalue weighted by Crippen LogP contribution is -1.93. The molecule has 0 aromatic rings. The first-order valence-electron chi connectivity index (χ1n) is 5.53. The summed E-state index contributed by atoms with van der Waals surface area (Å²) >= 11 is 4.31. The highest BCUT2D eigenvalue weighted by atomic mass is 32.1. The van der Waals surface area contributed by atoms with Crippen molar-refractivity contribution in [1.29, 1.82) is 0 Å². The minimum absolute atomic E-state index is 0.327. The van der Waals surface area contributed by atoms with Gasteiger partial charge in [0.15, 0.2) is 0 Å². The lowest BCUT2D eigenvalue weighted by atomic mass is 10.1. The minimum atomic E-state index is -0.672. The number of carbonyl (C=O) groups is 1. The largest absolute Gasteiger partial charge is 0.481 e. The maximum absolute atomic E-state index is 10.2. The Balaban J connectivity index is 2.96. The molecule has 0 saturated carbocycles. The highest BCUT2D eigenvalue weighted by molar-refractivity contribution is 7.80. The van der Waals surface area contributed by atoms with Crippen molar-refractivity contribution in [1.82, 2.24) is 0 Å². The van der Waals surface area contributed by atoms with E-state index >= 15 is 0 Å². The average Bonchev–Trinajstić information content (AvgIpc) is 2.08. The van der Waals surface area contributed by atoms with Gasteiger partial charge in [0.05, 0.1) is 0 Å². The zero-order valence-electron chi connectivity index (χ0n) is 9.04. The summed E-state index contributed by atoms with van der Waals surface area (Å²) in [5.74, 6) is -0.672. The molecule has 0 saturated heterocycles. The second kappa shape index (κ2) is 9.38. The van der Waals surface area contributed by atoms with Gasteiger partial charge in [-0.05, 0) is 18.1 Å². The Bertz CT molecular complexity index is 146. The van der Waals surface area contributed by atoms with E-state index in [2.05, 4.69) is 19.6 Å². The topological polar surface area (TPSA) is 37.3 Å². The summed E-state index contributed by atoms with van der Waals surface area (Å²) in [6, 6.07) is 0. The molecular weight excluding hydrogens is 196 g/mol. The molecular formula is C11H22O2S. The standard InChI is InChI=1S/C11H22O2S/c1-10(14)8-6-4-2-3-5-7-9-11(12)13/h10,14H,2-9H2,1H3,(H,12,13). The molecule has 14 heavy (non-hydrogen) atoms. The molecule has 0 aliphatic rings. The van der Waals surface area contributed by atoms with Crippen LogP contribution in [0.2, 0.25) is 0 Å². The molecule has 1 unspecified atom stereocenters. The van der Waals surface area contributed by atoms with E-state index in [1.807, 2.05) is 0 Å². The normalized spacial score (nSPS) is 12.7. The van der Waals surface area contributed by atoms with Crippen molar-refractivity contribution in [3.8, 4) is 0 Å². The van der Waals surface area contributed by atoms with Crippen molar-refractivity contribution in [2.45, 2.75) is 63.5 Å². The van der Waals surface area contributed by atoms with Gasteiger partial charge in [0.2, 0.25) is 0 Å². The summed E-state index contributed by atoms with van der Waals surface area (Å²) in [5.41, 5.74) is 0. The predicted molar refractivity (Wildman–Crippen MR) is 63.0 cm³/mol. The lowest BCUT2D eigenvalue weighted by Gasteiger charge is -2.03. The number of rotatable bonds is 9. The van der Waals surface area contributed by atoms with Gasteiger partial charge in [0.25, 0.3) is 0 Å². The number of aliphatic carboxylic acids is 1. The van der Waals surface area contributed by atoms with Gasteiger partial charge in [-0.2, -0.15) is 12.6 Å². The third-order valence-corrected chi connectivity index (χ3v) is 2.52. The molecule has 3 heteroatoms. The highest BCUT2D eigenvalue weighted by Crippen LogP contribution is 2.11. The number of carboxylic acids is 1. The first-order valence-corrected chi connectivity index (χ1v) is 6.04. The number of carboxylic acid groups (broad SMARTS) is 1. The molecule has 0 aromatic carbocycles. The lowest BCUT2D eigenvalue weighted by molar-refractivity contribution is -0.137. The minimum Gasteiger partial charge on any atom is -0.481 e. The van der Waals surface area contributed by atoms with Gasteiger partial charge in [0, 0.05) is 6.42 Å². The van der Waals surface area contributed by atoms with E-state index in [0.29, 0.717) is 11.7 Å². The van der Waals surface area contributed by atoms with E-state index in [9.17, 15) is 4.79 Å². The Morgan fingerprint density at radius 2 is 1.64 bits per heavy atom. The molecule has 0 aliphatic heterocycles. The fourth-order valence-corrected chi connectivity index (χ4v) is 1.61. The Morgan fingerprint density at radius 1 is 1.14 bits per heavy atom. The molecule has 1 atom stereocenters. The van der Waals surface area contributed by atoms with Crippen LogP contribution >= 0.6 is 12.6 Å². The van der Waals surface area contributed by atoms with E-state index in [1.54, 1.807) is 0 Å². The summed E-state index contributed by atoms with van der Waals surface area (Å²) in [6.45, 7) is 2.12. The van der Waals surface area contributed by atoms with Crippen LogP contribution in [0, 0.1) is 0 Å². The van der Waals surface area contributed by atoms with Crippen molar-refractivity contribution in [3.63, 3.8) is 0 Å². The van der Waals surface area contributed by atoms with Gasteiger partial charge in [-0.25, -0.2) is 0 Å². The molecule has 0 fully saturated rings. The molecule has 0 aliphatic carbocycles. The van der Waals surface area contributed by atoms with E-state index in [4.69, 9.17) is 5.11 Å². The second-order valence-electron chi connectivity index (χ2n) is 3.90. The highest BCUT2D eigenvalue weighted by Gasteiger charge is 1.97. The molecule has 0 radical (unpaired) electrons. The van der Waals surface area contributed by atoms with Crippen molar-refractivity contribution in [2.24, 2.45) is 0 Å². The first kappa shape index (κ1) is 13.8. The van der Waals surface area contributed by atoms with Gasteiger partial charge in [0.1, 0.15) is 0 Å². The summed E-state index contributed by atoms with van der Waals surface area (Å²) in [5, 5.41) is 8.92. The van der Waals surface area contributed by atoms with Crippen LogP contribution in [0.3, 0.4) is 0 Å². The first-order chi connectivity index (χ1) is 6.63. The van der Waals surface area contributed by atoms with Crippen LogP contribution in [-0.2, 0) is 4.79 Å². The maximum Gasteiger partial charge on any atom is 0.303 e. The predicted octanol–water partition coefficient (Wildman–Crippen LogP) is 3.51. The number of thiol groups is 1. The number of hydrogen-bond acceptors (Lipinski definition) is 2. The van der Waals surface area contributed by atoms with Gasteiger partial charge in [-0.1, -0.05) is 39.0 Å². The van der Waals surface area contributed by atoms with Crippen LogP contribution in [0.1, 0.15) is 58.3 Å². The second-order valence-corrected chi connectivity index (χ2v) is 4.78. The van der Waals surface area contributed by atoms with Crippen LogP contribution in [0.5, 0.6) is 0 Å². The van der Waals surface area contributed by atoms with Gasteiger partial charge in [-0.15, -0.1) is 0 Å². The molecule has 0 amide bonds. The van der Waals surface area contributed by atoms with Crippen LogP contribution in [0.4, 0.5) is 0 Å². The molecule has 84 valence electrons. The van der Waals surface area contributed by atoms with Crippen LogP contribution in [0.25, 0.3) is 0 Å². The van der Waals surface area contributed by atoms with Crippen LogP contribution in [-0.4, -0.2) is 16.3 Å². The SMILES string of the molecule is CC(S)CCCCCCCCC(=O)O. The zero-order valence-corrected chi connectivity index (χ0v) is 9.93. The fourth-order valence-electron chi connectivity index (χ4n) is 1.42. The third kappa shape index (κ3) is 11.8. The summed E-state index contributed by atoms with van der Waals surface area (Å²) in [4.78, 5) is 10.2. The molecule has 0 heterocycles. The van der Waals surface area contributed by atoms with E-state index < -0.39 is 5.97 Å². The van der Waals surface area contributed by atoms with Crippen LogP contribution < -0.4 is 0 Å². The quantitative estimate of drug-likeness (QED) is 0.459. The number of unbranched alkanes of at least 4 members (excludes halogenated alkanes) is 5. The fraction of sp³-hybridized carbons (Fsp3) is 0.909. The Labute approximate surface area is 92.5 Å². The summed E-state index contributed by atoms with van der Waals surface area (Å²) < 4.78 is 0. The van der Waals surface area contributed by atoms with E-state index in [1.165, 1.54) is 32.1 Å². The van der Waals surface area contributed by atoms with Crippen molar-refractivity contribution in [2.75, 3.05) is 0 Å². The molecule has 2 nitrogen and oxygen atoms in total. The monoisotopic (exact) mass is 218 g/mol. The molecule has 0 spiro atoms. The van der Waals surface area contributed by atoms with Crippen molar-refractivity contribution >= 4 is 18.6 Å². The molecule has 1 N–H and O–H groups in total. The van der Waals surface area contributed by atoms with Gasteiger partial charge >= 0.3 is 5.97 Å². The van der Waals surface area contributed by atoms with Crippen molar-refractivity contribution in [3.05, 3.63) is 0 Å².